The molecule has 1 saturated heterocycles. The van der Waals surface area contributed by atoms with Crippen LogP contribution in [0.4, 0.5) is 0 Å². The van der Waals surface area contributed by atoms with E-state index in [1.807, 2.05) is 0 Å². The van der Waals surface area contributed by atoms with Crippen LogP contribution in [0.3, 0.4) is 0 Å². The molecule has 37 heavy (non-hydrogen) atoms. The van der Waals surface area contributed by atoms with Crippen molar-refractivity contribution in [2.75, 3.05) is 0 Å². The molecule has 0 spiro atoms. The van der Waals surface area contributed by atoms with Crippen LogP contribution in [0.2, 0.25) is 12.1 Å². The van der Waals surface area contributed by atoms with E-state index in [4.69, 9.17) is 0 Å². The largest absolute Gasteiger partial charge is 4.00 e. The summed E-state index contributed by atoms with van der Waals surface area (Å²) in [6.07, 6.45) is 18.5. The van der Waals surface area contributed by atoms with Gasteiger partial charge in [0.2, 0.25) is 0 Å². The second-order valence-electron chi connectivity index (χ2n) is 8.58. The van der Waals surface area contributed by atoms with Crippen molar-refractivity contribution in [3.63, 3.8) is 0 Å². The Hall–Kier alpha value is -1.97. The van der Waals surface area contributed by atoms with E-state index in [0.717, 1.165) is 12.8 Å². The Bertz CT molecular complexity index is 1290. The van der Waals surface area contributed by atoms with E-state index in [2.05, 4.69) is 121 Å². The molecule has 0 aromatic heterocycles. The van der Waals surface area contributed by atoms with Crippen LogP contribution in [-0.2, 0) is 25.8 Å². The van der Waals surface area contributed by atoms with Gasteiger partial charge in [0.25, 0.3) is 0 Å². The summed E-state index contributed by atoms with van der Waals surface area (Å²) in [4.78, 5) is 0. The van der Waals surface area contributed by atoms with Gasteiger partial charge in [0.15, 0.2) is 0 Å². The van der Waals surface area contributed by atoms with Crippen LogP contribution in [0.5, 0.6) is 0 Å². The van der Waals surface area contributed by atoms with Crippen LogP contribution in [0.15, 0.2) is 109 Å². The van der Waals surface area contributed by atoms with Gasteiger partial charge in [-0.05, 0) is 21.5 Å². The molecule has 0 atom stereocenters. The third-order valence-corrected chi connectivity index (χ3v) is 7.72. The molecule has 2 aliphatic carbocycles. The minimum absolute atomic E-state index is 0. The summed E-state index contributed by atoms with van der Waals surface area (Å²) >= 11 is 0. The van der Waals surface area contributed by atoms with Crippen LogP contribution in [-0.4, -0.2) is 9.52 Å². The summed E-state index contributed by atoms with van der Waals surface area (Å²) < 4.78 is 0. The zero-order valence-corrected chi connectivity index (χ0v) is 26.8. The predicted molar refractivity (Wildman–Crippen MR) is 149 cm³/mol. The van der Waals surface area contributed by atoms with Gasteiger partial charge < -0.3 is 24.8 Å². The first-order valence-electron chi connectivity index (χ1n) is 12.1. The molecule has 0 N–H and O–H groups in total. The molecular formula is C33H28Cl2HfSi. The van der Waals surface area contributed by atoms with E-state index >= 15 is 0 Å². The smallest absolute Gasteiger partial charge is 1.00 e. The Morgan fingerprint density at radius 2 is 0.919 bits per heavy atom. The van der Waals surface area contributed by atoms with Crippen molar-refractivity contribution in [1.82, 2.24) is 0 Å². The molecule has 0 bridgehead atoms. The van der Waals surface area contributed by atoms with Crippen molar-refractivity contribution in [2.24, 2.45) is 0 Å². The Kier molecular flexibility index (Phi) is 13.6. The first kappa shape index (κ1) is 31.2. The molecule has 4 aromatic carbocycles. The topological polar surface area (TPSA) is 0 Å². The normalized spacial score (nSPS) is 14.4. The number of benzene rings is 4. The molecule has 7 rings (SSSR count). The van der Waals surface area contributed by atoms with Gasteiger partial charge in [0, 0.05) is 9.52 Å². The maximum absolute atomic E-state index is 3.22. The van der Waals surface area contributed by atoms with E-state index in [0.29, 0.717) is 0 Å². The second-order valence-corrected chi connectivity index (χ2v) is 10.1. The molecule has 1 heterocycles. The Morgan fingerprint density at radius 1 is 0.541 bits per heavy atom. The van der Waals surface area contributed by atoms with Gasteiger partial charge >= 0.3 is 25.8 Å². The third kappa shape index (κ3) is 8.01. The summed E-state index contributed by atoms with van der Waals surface area (Å²) in [6.45, 7) is 0. The zero-order valence-electron chi connectivity index (χ0n) is 20.7. The molecule has 0 amide bonds. The van der Waals surface area contributed by atoms with Crippen molar-refractivity contribution in [1.29, 1.82) is 0 Å². The van der Waals surface area contributed by atoms with Crippen molar-refractivity contribution < 1.29 is 50.7 Å². The molecule has 0 unspecified atom stereocenters. The maximum Gasteiger partial charge on any atom is 4.00 e. The van der Waals surface area contributed by atoms with Crippen LogP contribution >= 0.6 is 0 Å². The van der Waals surface area contributed by atoms with Crippen LogP contribution in [0, 0.1) is 12.2 Å². The summed E-state index contributed by atoms with van der Waals surface area (Å²) in [6, 6.07) is 33.0. The average Bonchev–Trinajstić information content (AvgIpc) is 3.58. The summed E-state index contributed by atoms with van der Waals surface area (Å²) in [5, 5.41) is 5.25. The quantitative estimate of drug-likeness (QED) is 0.223. The third-order valence-electron chi connectivity index (χ3n) is 6.30. The van der Waals surface area contributed by atoms with E-state index in [9.17, 15) is 0 Å². The van der Waals surface area contributed by atoms with E-state index in [1.165, 1.54) is 71.8 Å². The van der Waals surface area contributed by atoms with Gasteiger partial charge in [-0.2, -0.15) is 23.3 Å². The van der Waals surface area contributed by atoms with Gasteiger partial charge in [0.1, 0.15) is 0 Å². The molecule has 1 fully saturated rings. The molecule has 4 heteroatoms. The molecule has 0 saturated carbocycles. The zero-order chi connectivity index (χ0) is 23.0. The summed E-state index contributed by atoms with van der Waals surface area (Å²) in [7, 11) is 1.32. The minimum Gasteiger partial charge on any atom is -1.00 e. The fraction of sp³-hybridized carbons (Fsp3) is 0.152. The molecule has 182 valence electrons. The number of hydrogen-bond donors (Lipinski definition) is 0. The van der Waals surface area contributed by atoms with Crippen molar-refractivity contribution in [3.8, 4) is 0 Å². The minimum atomic E-state index is 0. The summed E-state index contributed by atoms with van der Waals surface area (Å²) in [5.74, 6) is 0. The van der Waals surface area contributed by atoms with Gasteiger partial charge in [-0.1, -0.05) is 115 Å². The number of allylic oxidation sites excluding steroid dienone is 8. The maximum atomic E-state index is 3.22. The van der Waals surface area contributed by atoms with Gasteiger partial charge in [-0.25, -0.2) is 12.2 Å². The van der Waals surface area contributed by atoms with Crippen LogP contribution < -0.4 is 24.8 Å². The molecule has 2 radical (unpaired) electrons. The number of fused-ring (bicyclic) bond motifs is 2. The average molecular weight is 702 g/mol. The van der Waals surface area contributed by atoms with E-state index < -0.39 is 0 Å². The van der Waals surface area contributed by atoms with Crippen LogP contribution in [0.25, 0.3) is 32.7 Å². The van der Waals surface area contributed by atoms with Crippen molar-refractivity contribution in [3.05, 3.63) is 133 Å². The SMILES string of the molecule is C1C[Si]C1.[C-]1=CC(c2cccc3ccccc23)=CC1.[C-]1=CC(c2cccc3ccccc23)=CC1.[Cl-].[Cl-].[Hf+4]. The van der Waals surface area contributed by atoms with E-state index in [-0.39, 0.29) is 50.7 Å². The van der Waals surface area contributed by atoms with Crippen molar-refractivity contribution in [2.45, 2.75) is 31.4 Å². The molecular weight excluding hydrogens is 674 g/mol. The number of hydrogen-bond acceptors (Lipinski definition) is 0. The van der Waals surface area contributed by atoms with Crippen LogP contribution in [0.1, 0.15) is 30.4 Å². The van der Waals surface area contributed by atoms with Crippen molar-refractivity contribution >= 4 is 42.2 Å². The molecule has 0 nitrogen and oxygen atoms in total. The van der Waals surface area contributed by atoms with Gasteiger partial charge in [-0.15, -0.1) is 12.8 Å². The fourth-order valence-electron chi connectivity index (χ4n) is 4.30. The van der Waals surface area contributed by atoms with Gasteiger partial charge in [0.05, 0.1) is 0 Å². The van der Waals surface area contributed by atoms with Gasteiger partial charge in [-0.3, -0.25) is 12.2 Å². The molecule has 3 aliphatic rings. The fourth-order valence-corrected chi connectivity index (χ4v) is 4.65. The molecule has 1 aliphatic heterocycles. The Morgan fingerprint density at radius 3 is 1.27 bits per heavy atom. The number of halogens is 2. The molecule has 4 aromatic rings. The first-order chi connectivity index (χ1) is 16.9. The standard InChI is InChI=1S/2C15H11.C3H6Si.2ClH.Hf/c2*1-2-7-12(6-1)15-11-5-9-13-8-3-4-10-14(13)15;1-2-4-3-1;;;/h2*3-11H,1H2;1-3H2;2*1H;/q2*-1;;;;+4/p-2. The monoisotopic (exact) mass is 702 g/mol. The number of rotatable bonds is 2. The Balaban J connectivity index is 0.000000211. The Labute approximate surface area is 255 Å². The first-order valence-corrected chi connectivity index (χ1v) is 13.5. The predicted octanol–water partition coefficient (Wildman–Crippen LogP) is 2.91. The summed E-state index contributed by atoms with van der Waals surface area (Å²) in [5.41, 5.74) is 5.23. The van der Waals surface area contributed by atoms with E-state index in [1.54, 1.807) is 0 Å². The second kappa shape index (κ2) is 16.1.